The number of aromatic nitrogens is 2. The van der Waals surface area contributed by atoms with Crippen molar-refractivity contribution in [3.63, 3.8) is 0 Å². The summed E-state index contributed by atoms with van der Waals surface area (Å²) in [5.74, 6) is 0.170. The zero-order valence-corrected chi connectivity index (χ0v) is 14.9. The zero-order chi connectivity index (χ0) is 17.4. The third-order valence-corrected chi connectivity index (χ3v) is 4.69. The van der Waals surface area contributed by atoms with Gasteiger partial charge in [-0.15, -0.1) is 0 Å². The molecular formula is C21H24N2O. The molecule has 0 fully saturated rings. The van der Waals surface area contributed by atoms with Gasteiger partial charge in [-0.3, -0.25) is 4.79 Å². The summed E-state index contributed by atoms with van der Waals surface area (Å²) >= 11 is 0. The molecule has 0 amide bonds. The molecule has 0 saturated heterocycles. The van der Waals surface area contributed by atoms with Crippen LogP contribution in [0.25, 0.3) is 0 Å². The Labute approximate surface area is 143 Å². The lowest BCUT2D eigenvalue weighted by molar-refractivity contribution is 0.101. The number of ketones is 1. The van der Waals surface area contributed by atoms with Crippen LogP contribution in [-0.2, 0) is 0 Å². The Morgan fingerprint density at radius 1 is 0.917 bits per heavy atom. The Bertz CT molecular complexity index is 881. The fraction of sp³-hybridized carbons (Fsp3) is 0.286. The van der Waals surface area contributed by atoms with Crippen molar-refractivity contribution in [2.75, 3.05) is 0 Å². The SMILES string of the molecule is CC(=O)c1c(C)[nH]c(C(c2ccc(C)cc2)c2ccc(C)[nH]2)c1C. The van der Waals surface area contributed by atoms with Crippen LogP contribution in [0.15, 0.2) is 36.4 Å². The quantitative estimate of drug-likeness (QED) is 0.656. The van der Waals surface area contributed by atoms with Gasteiger partial charge in [-0.25, -0.2) is 0 Å². The largest absolute Gasteiger partial charge is 0.362 e. The smallest absolute Gasteiger partial charge is 0.161 e. The Hall–Kier alpha value is -2.55. The van der Waals surface area contributed by atoms with Crippen molar-refractivity contribution in [2.45, 2.75) is 40.5 Å². The van der Waals surface area contributed by atoms with Crippen LogP contribution < -0.4 is 0 Å². The van der Waals surface area contributed by atoms with Crippen molar-refractivity contribution in [1.82, 2.24) is 9.97 Å². The number of nitrogens with one attached hydrogen (secondary N) is 2. The highest BCUT2D eigenvalue weighted by molar-refractivity contribution is 5.97. The average molecular weight is 320 g/mol. The number of hydrogen-bond acceptors (Lipinski definition) is 1. The zero-order valence-electron chi connectivity index (χ0n) is 14.9. The summed E-state index contributed by atoms with van der Waals surface area (Å²) in [5, 5.41) is 0. The monoisotopic (exact) mass is 320 g/mol. The molecule has 124 valence electrons. The minimum absolute atomic E-state index is 0.0612. The van der Waals surface area contributed by atoms with Crippen LogP contribution in [0.2, 0.25) is 0 Å². The number of rotatable bonds is 4. The molecular weight excluding hydrogens is 296 g/mol. The normalized spacial score (nSPS) is 12.4. The maximum absolute atomic E-state index is 12.0. The lowest BCUT2D eigenvalue weighted by Crippen LogP contribution is -2.07. The maximum Gasteiger partial charge on any atom is 0.161 e. The Balaban J connectivity index is 2.21. The predicted molar refractivity (Wildman–Crippen MR) is 97.9 cm³/mol. The van der Waals surface area contributed by atoms with E-state index in [0.29, 0.717) is 0 Å². The van der Waals surface area contributed by atoms with Crippen LogP contribution in [0.3, 0.4) is 0 Å². The van der Waals surface area contributed by atoms with Crippen molar-refractivity contribution in [2.24, 2.45) is 0 Å². The van der Waals surface area contributed by atoms with Crippen LogP contribution in [-0.4, -0.2) is 15.8 Å². The summed E-state index contributed by atoms with van der Waals surface area (Å²) in [6.45, 7) is 9.79. The van der Waals surface area contributed by atoms with Gasteiger partial charge in [0.15, 0.2) is 5.78 Å². The molecule has 1 atom stereocenters. The second-order valence-electron chi connectivity index (χ2n) is 6.66. The van der Waals surface area contributed by atoms with Crippen LogP contribution in [0, 0.1) is 27.7 Å². The highest BCUT2D eigenvalue weighted by Gasteiger charge is 2.25. The molecule has 3 nitrogen and oxygen atoms in total. The Morgan fingerprint density at radius 3 is 2.08 bits per heavy atom. The van der Waals surface area contributed by atoms with E-state index in [1.165, 1.54) is 11.1 Å². The molecule has 1 unspecified atom stereocenters. The highest BCUT2D eigenvalue weighted by atomic mass is 16.1. The van der Waals surface area contributed by atoms with Crippen molar-refractivity contribution >= 4 is 5.78 Å². The second-order valence-corrected chi connectivity index (χ2v) is 6.66. The fourth-order valence-corrected chi connectivity index (χ4v) is 3.55. The molecule has 0 aliphatic rings. The Morgan fingerprint density at radius 2 is 1.58 bits per heavy atom. The summed E-state index contributed by atoms with van der Waals surface area (Å²) in [6, 6.07) is 12.8. The maximum atomic E-state index is 12.0. The van der Waals surface area contributed by atoms with E-state index in [1.807, 2.05) is 13.8 Å². The number of benzene rings is 1. The number of Topliss-reactive ketones (excluding diaryl/α,β-unsaturated/α-hetero) is 1. The summed E-state index contributed by atoms with van der Waals surface area (Å²) in [5.41, 5.74) is 8.60. The molecule has 0 radical (unpaired) electrons. The molecule has 2 N–H and O–H groups in total. The first-order valence-corrected chi connectivity index (χ1v) is 8.30. The average Bonchev–Trinajstić information content (AvgIpc) is 3.06. The molecule has 3 rings (SSSR count). The Kier molecular flexibility index (Phi) is 4.18. The fourth-order valence-electron chi connectivity index (χ4n) is 3.55. The number of aryl methyl sites for hydroxylation is 3. The summed E-state index contributed by atoms with van der Waals surface area (Å²) in [7, 11) is 0. The molecule has 24 heavy (non-hydrogen) atoms. The van der Waals surface area contributed by atoms with E-state index in [0.717, 1.165) is 33.9 Å². The number of H-pyrrole nitrogens is 2. The number of hydrogen-bond donors (Lipinski definition) is 2. The van der Waals surface area contributed by atoms with Crippen LogP contribution in [0.4, 0.5) is 0 Å². The van der Waals surface area contributed by atoms with Crippen molar-refractivity contribution in [3.05, 3.63) is 81.4 Å². The van der Waals surface area contributed by atoms with Gasteiger partial charge in [0.25, 0.3) is 0 Å². The molecule has 0 spiro atoms. The summed E-state index contributed by atoms with van der Waals surface area (Å²) < 4.78 is 0. The van der Waals surface area contributed by atoms with Crippen LogP contribution in [0.5, 0.6) is 0 Å². The number of aromatic amines is 2. The van der Waals surface area contributed by atoms with Gasteiger partial charge in [-0.1, -0.05) is 29.8 Å². The third kappa shape index (κ3) is 2.82. The molecule has 0 saturated carbocycles. The molecule has 2 aromatic heterocycles. The van der Waals surface area contributed by atoms with Gasteiger partial charge in [-0.2, -0.15) is 0 Å². The van der Waals surface area contributed by atoms with Gasteiger partial charge < -0.3 is 9.97 Å². The molecule has 0 aliphatic heterocycles. The summed E-state index contributed by atoms with van der Waals surface area (Å²) in [4.78, 5) is 19.0. The minimum atomic E-state index is 0.0612. The van der Waals surface area contributed by atoms with E-state index in [9.17, 15) is 4.79 Å². The first-order chi connectivity index (χ1) is 11.4. The van der Waals surface area contributed by atoms with Crippen LogP contribution in [0.1, 0.15) is 62.7 Å². The number of carbonyl (C=O) groups is 1. The molecule has 0 bridgehead atoms. The van der Waals surface area contributed by atoms with Crippen molar-refractivity contribution in [1.29, 1.82) is 0 Å². The standard InChI is InChI=1S/C21H24N2O/c1-12-6-9-17(10-7-12)20(18-11-8-13(2)22-18)21-14(3)19(16(5)24)15(4)23-21/h6-11,20,22-23H,1-5H3. The number of carbonyl (C=O) groups excluding carboxylic acids is 1. The first kappa shape index (κ1) is 16.3. The lowest BCUT2D eigenvalue weighted by Gasteiger charge is -2.17. The van der Waals surface area contributed by atoms with Gasteiger partial charge in [0.1, 0.15) is 0 Å². The second kappa shape index (κ2) is 6.16. The van der Waals surface area contributed by atoms with Gasteiger partial charge in [0.2, 0.25) is 0 Å². The minimum Gasteiger partial charge on any atom is -0.362 e. The van der Waals surface area contributed by atoms with Crippen LogP contribution >= 0.6 is 0 Å². The van der Waals surface area contributed by atoms with E-state index in [1.54, 1.807) is 6.92 Å². The molecule has 3 aromatic rings. The third-order valence-electron chi connectivity index (χ3n) is 4.69. The van der Waals surface area contributed by atoms with Crippen molar-refractivity contribution < 1.29 is 4.79 Å². The van der Waals surface area contributed by atoms with E-state index >= 15 is 0 Å². The molecule has 1 aromatic carbocycles. The van der Waals surface area contributed by atoms with Gasteiger partial charge >= 0.3 is 0 Å². The summed E-state index contributed by atoms with van der Waals surface area (Å²) in [6.07, 6.45) is 0. The molecule has 0 aliphatic carbocycles. The highest BCUT2D eigenvalue weighted by Crippen LogP contribution is 2.35. The predicted octanol–water partition coefficient (Wildman–Crippen LogP) is 4.96. The topological polar surface area (TPSA) is 48.6 Å². The first-order valence-electron chi connectivity index (χ1n) is 8.30. The molecule has 2 heterocycles. The lowest BCUT2D eigenvalue weighted by atomic mass is 9.89. The van der Waals surface area contributed by atoms with E-state index < -0.39 is 0 Å². The van der Waals surface area contributed by atoms with E-state index in [2.05, 4.69) is 60.2 Å². The van der Waals surface area contributed by atoms with Gasteiger partial charge in [0, 0.05) is 28.3 Å². The van der Waals surface area contributed by atoms with Crippen molar-refractivity contribution in [3.8, 4) is 0 Å². The van der Waals surface area contributed by atoms with Gasteiger partial charge in [-0.05, 0) is 57.9 Å². The van der Waals surface area contributed by atoms with E-state index in [-0.39, 0.29) is 11.7 Å². The molecule has 3 heteroatoms. The van der Waals surface area contributed by atoms with E-state index in [4.69, 9.17) is 0 Å². The van der Waals surface area contributed by atoms with Gasteiger partial charge in [0.05, 0.1) is 5.92 Å².